The predicted molar refractivity (Wildman–Crippen MR) is 117 cm³/mol. The van der Waals surface area contributed by atoms with E-state index >= 15 is 0 Å². The van der Waals surface area contributed by atoms with Crippen LogP contribution in [0.1, 0.15) is 30.4 Å². The smallest absolute Gasteiger partial charge is 0.243 e. The summed E-state index contributed by atoms with van der Waals surface area (Å²) in [5.74, 6) is 0.771. The van der Waals surface area contributed by atoms with Gasteiger partial charge >= 0.3 is 0 Å². The second-order valence-corrected chi connectivity index (χ2v) is 7.09. The molecule has 1 atom stereocenters. The molecule has 26 heavy (non-hydrogen) atoms. The number of halogens is 1. The van der Waals surface area contributed by atoms with Crippen LogP contribution in [0, 0.1) is 0 Å². The normalized spacial score (nSPS) is 19.5. The lowest BCUT2D eigenvalue weighted by molar-refractivity contribution is -0.127. The van der Waals surface area contributed by atoms with Crippen molar-refractivity contribution in [1.82, 2.24) is 15.5 Å². The molecule has 0 bridgehead atoms. The molecular formula is C20H29IN4O. The van der Waals surface area contributed by atoms with Crippen molar-refractivity contribution in [3.05, 3.63) is 47.5 Å². The van der Waals surface area contributed by atoms with E-state index in [0.717, 1.165) is 38.1 Å². The Morgan fingerprint density at radius 3 is 2.46 bits per heavy atom. The monoisotopic (exact) mass is 468 g/mol. The molecule has 0 spiro atoms. The minimum Gasteiger partial charge on any atom is -0.353 e. The van der Waals surface area contributed by atoms with Crippen LogP contribution in [0.2, 0.25) is 0 Å². The van der Waals surface area contributed by atoms with Gasteiger partial charge in [0.2, 0.25) is 5.91 Å². The number of hydrogen-bond donors (Lipinski definition) is 2. The number of likely N-dealkylation sites (N-methyl/N-ethyl adjacent to an activating group) is 1. The van der Waals surface area contributed by atoms with Crippen LogP contribution in [-0.2, 0) is 17.6 Å². The number of aryl methyl sites for hydroxylation is 1. The minimum atomic E-state index is 0. The first kappa shape index (κ1) is 20.7. The number of carbonyl (C=O) groups is 1. The molecule has 2 aliphatic carbocycles. The first-order chi connectivity index (χ1) is 12.1. The fourth-order valence-corrected chi connectivity index (χ4v) is 3.36. The number of hydrogen-bond acceptors (Lipinski definition) is 2. The van der Waals surface area contributed by atoms with Gasteiger partial charge in [-0.1, -0.05) is 36.4 Å². The molecular weight excluding hydrogens is 439 g/mol. The topological polar surface area (TPSA) is 56.7 Å². The second-order valence-electron chi connectivity index (χ2n) is 7.09. The van der Waals surface area contributed by atoms with E-state index in [0.29, 0.717) is 12.1 Å². The van der Waals surface area contributed by atoms with Crippen molar-refractivity contribution in [2.75, 3.05) is 20.6 Å². The molecule has 3 rings (SSSR count). The molecule has 0 aromatic heterocycles. The van der Waals surface area contributed by atoms with Crippen LogP contribution in [0.4, 0.5) is 0 Å². The lowest BCUT2D eigenvalue weighted by Crippen LogP contribution is -2.49. The zero-order chi connectivity index (χ0) is 17.6. The number of rotatable bonds is 4. The van der Waals surface area contributed by atoms with Crippen LogP contribution < -0.4 is 10.6 Å². The zero-order valence-electron chi connectivity index (χ0n) is 15.6. The number of aliphatic imine (C=N–C) groups is 1. The Balaban J connectivity index is 0.00000243. The summed E-state index contributed by atoms with van der Waals surface area (Å²) in [5, 5.41) is 7.05. The van der Waals surface area contributed by atoms with Gasteiger partial charge in [-0.15, -0.1) is 24.0 Å². The summed E-state index contributed by atoms with van der Waals surface area (Å²) in [5.41, 5.74) is 2.87. The van der Waals surface area contributed by atoms with Crippen molar-refractivity contribution in [3.8, 4) is 0 Å². The van der Waals surface area contributed by atoms with Gasteiger partial charge in [0.25, 0.3) is 0 Å². The Labute approximate surface area is 173 Å². The minimum absolute atomic E-state index is 0. The summed E-state index contributed by atoms with van der Waals surface area (Å²) < 4.78 is 0. The molecule has 1 aromatic rings. The molecule has 0 heterocycles. The second kappa shape index (κ2) is 9.94. The molecule has 1 aromatic carbocycles. The van der Waals surface area contributed by atoms with E-state index in [2.05, 4.69) is 52.0 Å². The van der Waals surface area contributed by atoms with E-state index < -0.39 is 0 Å². The molecule has 2 aliphatic rings. The van der Waals surface area contributed by atoms with Crippen LogP contribution >= 0.6 is 24.0 Å². The third-order valence-corrected chi connectivity index (χ3v) is 4.91. The number of amides is 1. The van der Waals surface area contributed by atoms with Gasteiger partial charge in [0.05, 0.1) is 0 Å². The maximum absolute atomic E-state index is 11.9. The van der Waals surface area contributed by atoms with E-state index in [1.54, 1.807) is 19.0 Å². The zero-order valence-corrected chi connectivity index (χ0v) is 17.9. The number of nitrogens with one attached hydrogen (secondary N) is 2. The predicted octanol–water partition coefficient (Wildman–Crippen LogP) is 2.50. The van der Waals surface area contributed by atoms with Crippen molar-refractivity contribution in [2.45, 2.75) is 44.2 Å². The molecule has 0 fully saturated rings. The van der Waals surface area contributed by atoms with Gasteiger partial charge in [-0.2, -0.15) is 0 Å². The number of nitrogens with zero attached hydrogens (tertiary/aromatic N) is 2. The molecule has 6 heteroatoms. The maximum atomic E-state index is 11.9. The summed E-state index contributed by atoms with van der Waals surface area (Å²) in [6, 6.07) is 9.37. The van der Waals surface area contributed by atoms with Crippen molar-refractivity contribution < 1.29 is 4.79 Å². The first-order valence-electron chi connectivity index (χ1n) is 9.11. The number of guanidine groups is 1. The largest absolute Gasteiger partial charge is 0.353 e. The summed E-state index contributed by atoms with van der Waals surface area (Å²) in [6.45, 7) is 0.172. The molecule has 5 nitrogen and oxygen atoms in total. The maximum Gasteiger partial charge on any atom is 0.243 e. The van der Waals surface area contributed by atoms with E-state index in [4.69, 9.17) is 0 Å². The van der Waals surface area contributed by atoms with Gasteiger partial charge in [-0.3, -0.25) is 4.79 Å². The quantitative estimate of drug-likeness (QED) is 0.309. The molecule has 1 amide bonds. The summed E-state index contributed by atoms with van der Waals surface area (Å²) in [4.78, 5) is 18.0. The first-order valence-corrected chi connectivity index (χ1v) is 9.11. The SMILES string of the molecule is CN(C)C(=O)CN=C(NC1CC=CC1)NC1CCc2ccccc2C1.I. The highest BCUT2D eigenvalue weighted by atomic mass is 127. The van der Waals surface area contributed by atoms with Gasteiger partial charge in [0, 0.05) is 26.2 Å². The Morgan fingerprint density at radius 1 is 1.12 bits per heavy atom. The van der Waals surface area contributed by atoms with Gasteiger partial charge in [0.15, 0.2) is 5.96 Å². The van der Waals surface area contributed by atoms with E-state index in [9.17, 15) is 4.79 Å². The fraction of sp³-hybridized carbons (Fsp3) is 0.500. The Morgan fingerprint density at radius 2 is 1.77 bits per heavy atom. The van der Waals surface area contributed by atoms with Crippen molar-refractivity contribution in [3.63, 3.8) is 0 Å². The number of carbonyl (C=O) groups excluding carboxylic acids is 1. The highest BCUT2D eigenvalue weighted by Gasteiger charge is 2.21. The number of fused-ring (bicyclic) bond motifs is 1. The van der Waals surface area contributed by atoms with Crippen molar-refractivity contribution in [1.29, 1.82) is 0 Å². The average molecular weight is 468 g/mol. The van der Waals surface area contributed by atoms with Gasteiger partial charge < -0.3 is 15.5 Å². The molecule has 0 saturated carbocycles. The van der Waals surface area contributed by atoms with Gasteiger partial charge in [0.1, 0.15) is 6.54 Å². The van der Waals surface area contributed by atoms with Crippen molar-refractivity contribution >= 4 is 35.8 Å². The van der Waals surface area contributed by atoms with Gasteiger partial charge in [-0.05, 0) is 43.2 Å². The molecule has 2 N–H and O–H groups in total. The van der Waals surface area contributed by atoms with E-state index in [1.807, 2.05) is 0 Å². The number of benzene rings is 1. The van der Waals surface area contributed by atoms with Gasteiger partial charge in [-0.25, -0.2) is 4.99 Å². The molecule has 1 unspecified atom stereocenters. The highest BCUT2D eigenvalue weighted by Crippen LogP contribution is 2.21. The Hall–Kier alpha value is -1.57. The van der Waals surface area contributed by atoms with Crippen LogP contribution in [0.5, 0.6) is 0 Å². The third-order valence-electron chi connectivity index (χ3n) is 4.91. The third kappa shape index (κ3) is 5.72. The van der Waals surface area contributed by atoms with E-state index in [-0.39, 0.29) is 36.4 Å². The lowest BCUT2D eigenvalue weighted by Gasteiger charge is -2.28. The lowest BCUT2D eigenvalue weighted by atomic mass is 9.88. The fourth-order valence-electron chi connectivity index (χ4n) is 3.36. The van der Waals surface area contributed by atoms with Crippen molar-refractivity contribution in [2.24, 2.45) is 4.99 Å². The van der Waals surface area contributed by atoms with E-state index in [1.165, 1.54) is 11.1 Å². The average Bonchev–Trinajstić information content (AvgIpc) is 3.12. The summed E-state index contributed by atoms with van der Waals surface area (Å²) in [6.07, 6.45) is 9.58. The molecule has 0 saturated heterocycles. The standard InChI is InChI=1S/C20H28N4O.HI/c1-24(2)19(25)14-21-20(22-17-9-5-6-10-17)23-18-12-11-15-7-3-4-8-16(15)13-18;/h3-8,17-18H,9-14H2,1-2H3,(H2,21,22,23);1H. The van der Waals surface area contributed by atoms with Crippen LogP contribution in [-0.4, -0.2) is 49.5 Å². The van der Waals surface area contributed by atoms with Crippen LogP contribution in [0.3, 0.4) is 0 Å². The highest BCUT2D eigenvalue weighted by molar-refractivity contribution is 14.0. The Bertz CT molecular complexity index is 664. The summed E-state index contributed by atoms with van der Waals surface area (Å²) >= 11 is 0. The molecule has 142 valence electrons. The molecule has 0 radical (unpaired) electrons. The summed E-state index contributed by atoms with van der Waals surface area (Å²) in [7, 11) is 3.52. The molecule has 0 aliphatic heterocycles. The Kier molecular flexibility index (Phi) is 7.93. The van der Waals surface area contributed by atoms with Crippen LogP contribution in [0.15, 0.2) is 41.4 Å². The van der Waals surface area contributed by atoms with Crippen LogP contribution in [0.25, 0.3) is 0 Å².